The molecule has 3 aliphatic rings. The summed E-state index contributed by atoms with van der Waals surface area (Å²) in [5.41, 5.74) is 2.14. The highest BCUT2D eigenvalue weighted by atomic mass is 16.5. The molecule has 0 radical (unpaired) electrons. The number of hydrogen-bond acceptors (Lipinski definition) is 4. The van der Waals surface area contributed by atoms with Crippen molar-refractivity contribution in [1.82, 2.24) is 15.1 Å². The van der Waals surface area contributed by atoms with Crippen LogP contribution in [0.15, 0.2) is 48.8 Å². The molecule has 1 aromatic heterocycles. The van der Waals surface area contributed by atoms with Crippen molar-refractivity contribution >= 4 is 17.5 Å². The summed E-state index contributed by atoms with van der Waals surface area (Å²) in [6.07, 6.45) is 12.9. The zero-order valence-corrected chi connectivity index (χ0v) is 18.4. The summed E-state index contributed by atoms with van der Waals surface area (Å²) in [6, 6.07) is 7.69. The van der Waals surface area contributed by atoms with E-state index in [1.54, 1.807) is 24.2 Å². The smallest absolute Gasteiger partial charge is 0.241 e. The zero-order chi connectivity index (χ0) is 22.1. The number of nitrogens with zero attached hydrogens (tertiary/aromatic N) is 2. The quantitative estimate of drug-likeness (QED) is 0.594. The molecule has 32 heavy (non-hydrogen) atoms. The predicted octanol–water partition coefficient (Wildman–Crippen LogP) is 3.18. The fraction of sp³-hybridized carbons (Fsp3) is 0.480. The summed E-state index contributed by atoms with van der Waals surface area (Å²) in [6.45, 7) is 0.888. The lowest BCUT2D eigenvalue weighted by Crippen LogP contribution is -2.34. The van der Waals surface area contributed by atoms with E-state index in [2.05, 4.69) is 27.9 Å². The van der Waals surface area contributed by atoms with Crippen molar-refractivity contribution in [2.45, 2.75) is 38.6 Å². The van der Waals surface area contributed by atoms with E-state index >= 15 is 0 Å². The molecule has 0 unspecified atom stereocenters. The summed E-state index contributed by atoms with van der Waals surface area (Å²) in [7, 11) is 1.63. The Labute approximate surface area is 188 Å². The molecule has 5 rings (SSSR count). The number of rotatable bonds is 9. The average Bonchev–Trinajstić information content (AvgIpc) is 3.27. The summed E-state index contributed by atoms with van der Waals surface area (Å²) in [5.74, 6) is 2.59. The zero-order valence-electron chi connectivity index (χ0n) is 18.4. The van der Waals surface area contributed by atoms with Crippen LogP contribution in [-0.2, 0) is 22.6 Å². The number of ether oxygens (including phenoxy) is 1. The number of methoxy groups -OCH3 is 1. The van der Waals surface area contributed by atoms with Crippen LogP contribution < -0.4 is 15.4 Å². The van der Waals surface area contributed by atoms with Gasteiger partial charge in [0.2, 0.25) is 11.8 Å². The van der Waals surface area contributed by atoms with Gasteiger partial charge in [-0.3, -0.25) is 14.3 Å². The first-order valence-corrected chi connectivity index (χ1v) is 11.5. The normalized spacial score (nSPS) is 24.0. The van der Waals surface area contributed by atoms with Crippen LogP contribution in [0.5, 0.6) is 5.75 Å². The van der Waals surface area contributed by atoms with Crippen molar-refractivity contribution in [3.8, 4) is 5.75 Å². The minimum absolute atomic E-state index is 0.0428. The fourth-order valence-corrected chi connectivity index (χ4v) is 5.70. The number of carbonyl (C=O) groups excluding carboxylic acids is 2. The molecule has 2 aromatic rings. The van der Waals surface area contributed by atoms with Crippen LogP contribution in [-0.4, -0.2) is 35.2 Å². The lowest BCUT2D eigenvalue weighted by atomic mass is 9.89. The maximum Gasteiger partial charge on any atom is 0.241 e. The van der Waals surface area contributed by atoms with E-state index in [-0.39, 0.29) is 18.4 Å². The molecule has 2 N–H and O–H groups in total. The van der Waals surface area contributed by atoms with Gasteiger partial charge in [0.1, 0.15) is 12.3 Å². The van der Waals surface area contributed by atoms with Crippen LogP contribution in [0.3, 0.4) is 0 Å². The first-order chi connectivity index (χ1) is 15.6. The molecule has 2 amide bonds. The van der Waals surface area contributed by atoms with Gasteiger partial charge in [0, 0.05) is 19.2 Å². The molecule has 1 heterocycles. The SMILES string of the molecule is COc1ccccc1CCC(=O)Nc1cnn(CC(=O)NC[C@H]2C[C@H]3C=C[C@H]2C32CC2)c1. The number of allylic oxidation sites excluding steroid dienone is 2. The molecule has 1 aromatic carbocycles. The first kappa shape index (κ1) is 20.8. The van der Waals surface area contributed by atoms with Gasteiger partial charge in [-0.25, -0.2) is 0 Å². The summed E-state index contributed by atoms with van der Waals surface area (Å²) in [4.78, 5) is 24.7. The van der Waals surface area contributed by atoms with Crippen LogP contribution in [0, 0.1) is 23.2 Å². The van der Waals surface area contributed by atoms with Gasteiger partial charge in [0.15, 0.2) is 0 Å². The van der Waals surface area contributed by atoms with E-state index < -0.39 is 0 Å². The topological polar surface area (TPSA) is 85.2 Å². The molecule has 3 aliphatic carbocycles. The predicted molar refractivity (Wildman–Crippen MR) is 121 cm³/mol. The largest absolute Gasteiger partial charge is 0.496 e. The Morgan fingerprint density at radius 2 is 2.06 bits per heavy atom. The number of benzene rings is 1. The number of anilines is 1. The molecule has 3 atom stereocenters. The molecule has 1 spiro atoms. The van der Waals surface area contributed by atoms with Gasteiger partial charge in [-0.1, -0.05) is 30.4 Å². The molecule has 2 bridgehead atoms. The number of aromatic nitrogens is 2. The van der Waals surface area contributed by atoms with Crippen molar-refractivity contribution in [2.24, 2.45) is 23.2 Å². The molecule has 7 heteroatoms. The molecule has 168 valence electrons. The third-order valence-corrected chi connectivity index (χ3v) is 7.44. The van der Waals surface area contributed by atoms with Gasteiger partial charge in [0.25, 0.3) is 0 Å². The highest BCUT2D eigenvalue weighted by Crippen LogP contribution is 2.69. The van der Waals surface area contributed by atoms with E-state index in [4.69, 9.17) is 4.74 Å². The number of amides is 2. The van der Waals surface area contributed by atoms with Crippen LogP contribution in [0.2, 0.25) is 0 Å². The van der Waals surface area contributed by atoms with E-state index in [1.807, 2.05) is 24.3 Å². The standard InChI is InChI=1S/C25H30N4O3/c1-32-22-5-3-2-4-17(22)6-9-23(30)28-20-14-27-29(15-20)16-24(31)26-13-18-12-19-7-8-21(18)25(19)10-11-25/h2-5,7-8,14-15,18-19,21H,6,9-13,16H2,1H3,(H,26,31)(H,28,30)/t18-,19-,21-/m1/s1. The third kappa shape index (κ3) is 4.04. The molecular formula is C25H30N4O3. The van der Waals surface area contributed by atoms with Gasteiger partial charge in [-0.2, -0.15) is 5.10 Å². The Morgan fingerprint density at radius 1 is 1.22 bits per heavy atom. The number of para-hydroxylation sites is 1. The Kier molecular flexibility index (Phi) is 5.49. The molecule has 7 nitrogen and oxygen atoms in total. The fourth-order valence-electron chi connectivity index (χ4n) is 5.70. The maximum atomic E-state index is 12.4. The van der Waals surface area contributed by atoms with Crippen molar-refractivity contribution < 1.29 is 14.3 Å². The second-order valence-electron chi connectivity index (χ2n) is 9.34. The number of aryl methyl sites for hydroxylation is 1. The number of carbonyl (C=O) groups is 2. The van der Waals surface area contributed by atoms with Crippen LogP contribution >= 0.6 is 0 Å². The van der Waals surface area contributed by atoms with Gasteiger partial charge < -0.3 is 15.4 Å². The van der Waals surface area contributed by atoms with Crippen LogP contribution in [0.25, 0.3) is 0 Å². The number of nitrogens with one attached hydrogen (secondary N) is 2. The average molecular weight is 435 g/mol. The summed E-state index contributed by atoms with van der Waals surface area (Å²) < 4.78 is 6.89. The van der Waals surface area contributed by atoms with Crippen molar-refractivity contribution in [3.05, 3.63) is 54.4 Å². The minimum Gasteiger partial charge on any atom is -0.496 e. The van der Waals surface area contributed by atoms with Crippen LogP contribution in [0.4, 0.5) is 5.69 Å². The van der Waals surface area contributed by atoms with E-state index in [9.17, 15) is 9.59 Å². The molecule has 0 saturated heterocycles. The van der Waals surface area contributed by atoms with Crippen LogP contribution in [0.1, 0.15) is 31.2 Å². The van der Waals surface area contributed by atoms with Gasteiger partial charge in [0.05, 0.1) is 19.0 Å². The maximum absolute atomic E-state index is 12.4. The third-order valence-electron chi connectivity index (χ3n) is 7.44. The Hall–Kier alpha value is -3.09. The van der Waals surface area contributed by atoms with Gasteiger partial charge >= 0.3 is 0 Å². The highest BCUT2D eigenvalue weighted by Gasteiger charge is 2.62. The van der Waals surface area contributed by atoms with Crippen molar-refractivity contribution in [3.63, 3.8) is 0 Å². The van der Waals surface area contributed by atoms with E-state index in [1.165, 1.54) is 19.3 Å². The monoisotopic (exact) mass is 434 g/mol. The van der Waals surface area contributed by atoms with E-state index in [0.29, 0.717) is 35.8 Å². The lowest BCUT2D eigenvalue weighted by molar-refractivity contribution is -0.122. The molecule has 0 aliphatic heterocycles. The molecule has 2 fully saturated rings. The second kappa shape index (κ2) is 8.45. The first-order valence-electron chi connectivity index (χ1n) is 11.5. The Balaban J connectivity index is 1.06. The highest BCUT2D eigenvalue weighted by molar-refractivity contribution is 5.90. The summed E-state index contributed by atoms with van der Waals surface area (Å²) in [5, 5.41) is 10.2. The summed E-state index contributed by atoms with van der Waals surface area (Å²) >= 11 is 0. The molecule has 2 saturated carbocycles. The van der Waals surface area contributed by atoms with Crippen molar-refractivity contribution in [2.75, 3.05) is 19.0 Å². The Morgan fingerprint density at radius 3 is 2.84 bits per heavy atom. The van der Waals surface area contributed by atoms with E-state index in [0.717, 1.165) is 23.8 Å². The van der Waals surface area contributed by atoms with Gasteiger partial charge in [-0.05, 0) is 60.5 Å². The number of hydrogen-bond donors (Lipinski definition) is 2. The lowest BCUT2D eigenvalue weighted by Gasteiger charge is -2.20. The minimum atomic E-state index is -0.0988. The van der Waals surface area contributed by atoms with Crippen molar-refractivity contribution in [1.29, 1.82) is 0 Å². The molecular weight excluding hydrogens is 404 g/mol. The van der Waals surface area contributed by atoms with Gasteiger partial charge in [-0.15, -0.1) is 0 Å². The Bertz CT molecular complexity index is 1040. The second-order valence-corrected chi connectivity index (χ2v) is 9.34.